The Morgan fingerprint density at radius 3 is 2.21 bits per heavy atom. The molecule has 0 bridgehead atoms. The zero-order valence-electron chi connectivity index (χ0n) is 17.5. The number of hydrogen-bond donors (Lipinski definition) is 0. The topological polar surface area (TPSA) is 71.8 Å². The molecule has 0 amide bonds. The van der Waals surface area contributed by atoms with Crippen LogP contribution in [0.25, 0.3) is 5.69 Å². The molecular weight excluding hydrogens is 359 g/mol. The molecule has 0 atom stereocenters. The van der Waals surface area contributed by atoms with Crippen LogP contribution in [0.2, 0.25) is 0 Å². The molecule has 3 rings (SSSR count). The lowest BCUT2D eigenvalue weighted by atomic mass is 9.85. The lowest BCUT2D eigenvalue weighted by Gasteiger charge is -2.32. The largest absolute Gasteiger partial charge is 0.516 e. The average molecular weight is 386 g/mol. The van der Waals surface area contributed by atoms with Crippen molar-refractivity contribution in [3.05, 3.63) is 40.7 Å². The van der Waals surface area contributed by atoms with Crippen LogP contribution in [0.15, 0.2) is 35.1 Å². The van der Waals surface area contributed by atoms with Gasteiger partial charge in [-0.3, -0.25) is 4.79 Å². The van der Waals surface area contributed by atoms with Crippen molar-refractivity contribution in [2.75, 3.05) is 7.11 Å². The van der Waals surface area contributed by atoms with Gasteiger partial charge in [-0.2, -0.15) is 9.78 Å². The van der Waals surface area contributed by atoms with E-state index in [-0.39, 0.29) is 11.7 Å². The molecule has 7 nitrogen and oxygen atoms in total. The summed E-state index contributed by atoms with van der Waals surface area (Å²) in [6, 6.07) is 8.34. The SMILES string of the molecule is COc1cc(OC(C)C)cc(-n2nc(B3OC(C)(C)C(C)(C)O3)ccc2=O)c1. The second-order valence-corrected chi connectivity index (χ2v) is 8.13. The van der Waals surface area contributed by atoms with Crippen LogP contribution in [0.1, 0.15) is 41.5 Å². The van der Waals surface area contributed by atoms with Crippen molar-refractivity contribution in [1.29, 1.82) is 0 Å². The molecule has 0 spiro atoms. The second kappa shape index (κ2) is 7.26. The maximum absolute atomic E-state index is 12.5. The van der Waals surface area contributed by atoms with E-state index in [9.17, 15) is 4.79 Å². The molecule has 2 aromatic rings. The molecule has 0 saturated carbocycles. The number of aromatic nitrogens is 2. The third-order valence-electron chi connectivity index (χ3n) is 5.03. The van der Waals surface area contributed by atoms with Crippen LogP contribution in [0.3, 0.4) is 0 Å². The van der Waals surface area contributed by atoms with Crippen molar-refractivity contribution in [3.8, 4) is 17.2 Å². The Kier molecular flexibility index (Phi) is 5.29. The first-order valence-electron chi connectivity index (χ1n) is 9.34. The highest BCUT2D eigenvalue weighted by Gasteiger charge is 2.52. The van der Waals surface area contributed by atoms with E-state index in [0.29, 0.717) is 22.8 Å². The van der Waals surface area contributed by atoms with E-state index in [1.165, 1.54) is 10.7 Å². The standard InChI is InChI=1S/C20H27BN2O5/c1-13(2)26-16-11-14(10-15(12-16)25-7)23-18(24)9-8-17(22-23)21-27-19(3,4)20(5,6)28-21/h8-13H,1-7H3. The highest BCUT2D eigenvalue weighted by molar-refractivity contribution is 6.61. The van der Waals surface area contributed by atoms with Crippen LogP contribution in [0.5, 0.6) is 11.5 Å². The number of rotatable bonds is 5. The lowest BCUT2D eigenvalue weighted by Crippen LogP contribution is -2.41. The Balaban J connectivity index is 2.02. The van der Waals surface area contributed by atoms with Gasteiger partial charge in [0.05, 0.1) is 35.7 Å². The third-order valence-corrected chi connectivity index (χ3v) is 5.03. The van der Waals surface area contributed by atoms with Crippen LogP contribution >= 0.6 is 0 Å². The Bertz CT molecular complexity index is 907. The highest BCUT2D eigenvalue weighted by atomic mass is 16.7. The third kappa shape index (κ3) is 3.93. The lowest BCUT2D eigenvalue weighted by molar-refractivity contribution is 0.00578. The summed E-state index contributed by atoms with van der Waals surface area (Å²) in [5.74, 6) is 1.17. The van der Waals surface area contributed by atoms with E-state index in [1.807, 2.05) is 41.5 Å². The van der Waals surface area contributed by atoms with Gasteiger partial charge in [-0.25, -0.2) is 0 Å². The van der Waals surface area contributed by atoms with Gasteiger partial charge >= 0.3 is 7.12 Å². The Morgan fingerprint density at radius 2 is 1.64 bits per heavy atom. The summed E-state index contributed by atoms with van der Waals surface area (Å²) in [6.45, 7) is 11.8. The summed E-state index contributed by atoms with van der Waals surface area (Å²) >= 11 is 0. The predicted molar refractivity (Wildman–Crippen MR) is 108 cm³/mol. The van der Waals surface area contributed by atoms with Crippen molar-refractivity contribution in [3.63, 3.8) is 0 Å². The van der Waals surface area contributed by atoms with Gasteiger partial charge in [0.15, 0.2) is 0 Å². The number of methoxy groups -OCH3 is 1. The minimum absolute atomic E-state index is 0.0132. The molecule has 0 radical (unpaired) electrons. The maximum atomic E-state index is 12.5. The number of hydrogen-bond acceptors (Lipinski definition) is 6. The monoisotopic (exact) mass is 386 g/mol. The molecule has 1 aromatic carbocycles. The quantitative estimate of drug-likeness (QED) is 0.735. The van der Waals surface area contributed by atoms with Crippen molar-refractivity contribution in [2.24, 2.45) is 0 Å². The van der Waals surface area contributed by atoms with Crippen LogP contribution in [-0.2, 0) is 9.31 Å². The molecule has 0 aliphatic carbocycles. The molecule has 0 unspecified atom stereocenters. The molecule has 1 aliphatic heterocycles. The molecule has 2 heterocycles. The van der Waals surface area contributed by atoms with Crippen LogP contribution in [-0.4, -0.2) is 41.3 Å². The fourth-order valence-electron chi connectivity index (χ4n) is 2.84. The van der Waals surface area contributed by atoms with E-state index in [0.717, 1.165) is 0 Å². The molecule has 28 heavy (non-hydrogen) atoms. The zero-order chi connectivity index (χ0) is 20.7. The summed E-state index contributed by atoms with van der Waals surface area (Å²) < 4.78 is 24.5. The van der Waals surface area contributed by atoms with E-state index >= 15 is 0 Å². The minimum atomic E-state index is -0.658. The van der Waals surface area contributed by atoms with Crippen LogP contribution < -0.4 is 20.6 Å². The van der Waals surface area contributed by atoms with Gasteiger partial charge in [0.25, 0.3) is 5.56 Å². The smallest absolute Gasteiger partial charge is 0.497 e. The summed E-state index contributed by atoms with van der Waals surface area (Å²) in [6.07, 6.45) is -0.0132. The molecule has 150 valence electrons. The molecule has 1 saturated heterocycles. The first-order chi connectivity index (χ1) is 13.0. The fraction of sp³-hybridized carbons (Fsp3) is 0.500. The highest BCUT2D eigenvalue weighted by Crippen LogP contribution is 2.36. The van der Waals surface area contributed by atoms with Gasteiger partial charge < -0.3 is 18.8 Å². The molecule has 1 fully saturated rings. The van der Waals surface area contributed by atoms with E-state index in [2.05, 4.69) is 5.10 Å². The van der Waals surface area contributed by atoms with Crippen molar-refractivity contribution < 1.29 is 18.8 Å². The van der Waals surface area contributed by atoms with Gasteiger partial charge in [-0.15, -0.1) is 0 Å². The van der Waals surface area contributed by atoms with Gasteiger partial charge in [0.1, 0.15) is 11.5 Å². The predicted octanol–water partition coefficient (Wildman–Crippen LogP) is 2.33. The first kappa shape index (κ1) is 20.4. The zero-order valence-corrected chi connectivity index (χ0v) is 17.5. The summed E-state index contributed by atoms with van der Waals surface area (Å²) in [5.41, 5.74) is -0.196. The Morgan fingerprint density at radius 1 is 1.04 bits per heavy atom. The minimum Gasteiger partial charge on any atom is -0.497 e. The van der Waals surface area contributed by atoms with Gasteiger partial charge in [-0.1, -0.05) is 0 Å². The van der Waals surface area contributed by atoms with Crippen molar-refractivity contribution >= 4 is 12.7 Å². The summed E-state index contributed by atoms with van der Waals surface area (Å²) in [7, 11) is 0.906. The molecule has 8 heteroatoms. The van der Waals surface area contributed by atoms with Gasteiger partial charge in [0.2, 0.25) is 0 Å². The fourth-order valence-corrected chi connectivity index (χ4v) is 2.84. The Hall–Kier alpha value is -2.32. The van der Waals surface area contributed by atoms with E-state index in [1.54, 1.807) is 31.4 Å². The number of ether oxygens (including phenoxy) is 2. The van der Waals surface area contributed by atoms with Gasteiger partial charge in [0, 0.05) is 24.3 Å². The van der Waals surface area contributed by atoms with Crippen LogP contribution in [0.4, 0.5) is 0 Å². The Labute approximate surface area is 165 Å². The molecular formula is C20H27BN2O5. The van der Waals surface area contributed by atoms with Gasteiger partial charge in [-0.05, 0) is 47.6 Å². The maximum Gasteiger partial charge on any atom is 0.516 e. The average Bonchev–Trinajstić information content (AvgIpc) is 2.82. The first-order valence-corrected chi connectivity index (χ1v) is 9.34. The second-order valence-electron chi connectivity index (χ2n) is 8.13. The van der Waals surface area contributed by atoms with Crippen molar-refractivity contribution in [2.45, 2.75) is 58.8 Å². The van der Waals surface area contributed by atoms with E-state index in [4.69, 9.17) is 18.8 Å². The van der Waals surface area contributed by atoms with Crippen LogP contribution in [0, 0.1) is 0 Å². The van der Waals surface area contributed by atoms with E-state index < -0.39 is 18.3 Å². The summed E-state index contributed by atoms with van der Waals surface area (Å²) in [5, 5.41) is 4.49. The molecule has 1 aromatic heterocycles. The summed E-state index contributed by atoms with van der Waals surface area (Å²) in [4.78, 5) is 12.5. The molecule has 0 N–H and O–H groups in total. The normalized spacial score (nSPS) is 17.8. The molecule has 1 aliphatic rings. The number of benzene rings is 1. The number of nitrogens with zero attached hydrogens (tertiary/aromatic N) is 2. The van der Waals surface area contributed by atoms with Crippen molar-refractivity contribution in [1.82, 2.24) is 9.78 Å².